The second-order valence-corrected chi connectivity index (χ2v) is 5.87. The topological polar surface area (TPSA) is 76.7 Å². The fourth-order valence-corrected chi connectivity index (χ4v) is 2.42. The molecule has 3 N–H and O–H groups in total. The predicted molar refractivity (Wildman–Crippen MR) is 95.6 cm³/mol. The minimum absolute atomic E-state index is 0.195. The van der Waals surface area contributed by atoms with Crippen LogP contribution in [0, 0.1) is 10.5 Å². The number of nitrogens with two attached hydrogens (primary N) is 1. The Kier molecular flexibility index (Phi) is 5.76. The van der Waals surface area contributed by atoms with E-state index in [1.165, 1.54) is 0 Å². The first-order valence-corrected chi connectivity index (χ1v) is 7.71. The smallest absolute Gasteiger partial charge is 0.265 e. The molecule has 0 aliphatic rings. The average molecular weight is 409 g/mol. The van der Waals surface area contributed by atoms with Gasteiger partial charge in [-0.3, -0.25) is 4.79 Å². The van der Waals surface area contributed by atoms with E-state index in [1.807, 2.05) is 55.5 Å². The summed E-state index contributed by atoms with van der Waals surface area (Å²) in [5, 5.41) is 6.52. The number of carbonyl (C=O) groups is 1. The van der Waals surface area contributed by atoms with Gasteiger partial charge in [-0.1, -0.05) is 35.5 Å². The lowest BCUT2D eigenvalue weighted by molar-refractivity contribution is -0.120. The molecule has 2 aromatic rings. The number of nitrogens with one attached hydrogen (secondary N) is 1. The van der Waals surface area contributed by atoms with Gasteiger partial charge in [0.2, 0.25) is 0 Å². The third kappa shape index (κ3) is 4.73. The number of oxime groups is 1. The lowest BCUT2D eigenvalue weighted by Crippen LogP contribution is -2.19. The van der Waals surface area contributed by atoms with Crippen molar-refractivity contribution in [3.8, 4) is 0 Å². The van der Waals surface area contributed by atoms with Gasteiger partial charge in [-0.2, -0.15) is 0 Å². The molecule has 114 valence electrons. The number of amidine groups is 1. The number of carbonyl (C=O) groups excluding carboxylic acids is 1. The lowest BCUT2D eigenvalue weighted by Gasteiger charge is -2.08. The average Bonchev–Trinajstić information content (AvgIpc) is 2.51. The molecule has 0 aliphatic heterocycles. The van der Waals surface area contributed by atoms with Crippen LogP contribution < -0.4 is 11.1 Å². The number of aryl methyl sites for hydroxylation is 1. The highest BCUT2D eigenvalue weighted by Crippen LogP contribution is 2.17. The van der Waals surface area contributed by atoms with E-state index in [9.17, 15) is 4.79 Å². The number of benzene rings is 2. The van der Waals surface area contributed by atoms with Gasteiger partial charge in [0.1, 0.15) is 0 Å². The molecule has 0 heterocycles. The van der Waals surface area contributed by atoms with E-state index in [0.29, 0.717) is 0 Å². The maximum atomic E-state index is 11.8. The Labute approximate surface area is 142 Å². The number of halogens is 1. The minimum Gasteiger partial charge on any atom is -0.384 e. The largest absolute Gasteiger partial charge is 0.384 e. The lowest BCUT2D eigenvalue weighted by atomic mass is 10.2. The Morgan fingerprint density at radius 1 is 1.27 bits per heavy atom. The van der Waals surface area contributed by atoms with Crippen molar-refractivity contribution in [3.05, 3.63) is 63.2 Å². The Morgan fingerprint density at radius 2 is 2.00 bits per heavy atom. The Balaban J connectivity index is 1.88. The van der Waals surface area contributed by atoms with Crippen LogP contribution in [-0.4, -0.2) is 18.3 Å². The van der Waals surface area contributed by atoms with Crippen molar-refractivity contribution in [2.45, 2.75) is 6.92 Å². The summed E-state index contributed by atoms with van der Waals surface area (Å²) in [7, 11) is 0. The van der Waals surface area contributed by atoms with Crippen LogP contribution in [0.5, 0.6) is 0 Å². The van der Waals surface area contributed by atoms with Gasteiger partial charge < -0.3 is 15.9 Å². The summed E-state index contributed by atoms with van der Waals surface area (Å²) in [5.41, 5.74) is 8.27. The first-order valence-electron chi connectivity index (χ1n) is 6.63. The number of hydrogen-bond acceptors (Lipinski definition) is 3. The molecular formula is C16H16IN3O2. The van der Waals surface area contributed by atoms with Crippen LogP contribution in [0.4, 0.5) is 5.69 Å². The minimum atomic E-state index is -0.283. The van der Waals surface area contributed by atoms with Crippen molar-refractivity contribution in [3.63, 3.8) is 0 Å². The van der Waals surface area contributed by atoms with Gasteiger partial charge in [0.15, 0.2) is 12.4 Å². The zero-order chi connectivity index (χ0) is 15.9. The highest BCUT2D eigenvalue weighted by atomic mass is 127. The van der Waals surface area contributed by atoms with Crippen LogP contribution in [-0.2, 0) is 9.63 Å². The summed E-state index contributed by atoms with van der Waals surface area (Å²) in [5.74, 6) is -0.0484. The van der Waals surface area contributed by atoms with E-state index in [0.717, 1.165) is 20.4 Å². The van der Waals surface area contributed by atoms with Crippen LogP contribution >= 0.6 is 22.6 Å². The predicted octanol–water partition coefficient (Wildman–Crippen LogP) is 2.88. The van der Waals surface area contributed by atoms with Gasteiger partial charge in [-0.15, -0.1) is 0 Å². The first kappa shape index (κ1) is 16.3. The molecule has 0 saturated carbocycles. The maximum Gasteiger partial charge on any atom is 0.265 e. The van der Waals surface area contributed by atoms with E-state index < -0.39 is 0 Å². The molecule has 0 unspecified atom stereocenters. The molecule has 0 atom stereocenters. The number of anilines is 1. The Hall–Kier alpha value is -2.09. The van der Waals surface area contributed by atoms with Crippen molar-refractivity contribution >= 4 is 40.0 Å². The molecule has 5 nitrogen and oxygen atoms in total. The molecule has 2 aromatic carbocycles. The highest BCUT2D eigenvalue weighted by Gasteiger charge is 2.06. The zero-order valence-corrected chi connectivity index (χ0v) is 14.2. The van der Waals surface area contributed by atoms with Gasteiger partial charge >= 0.3 is 0 Å². The Bertz CT molecular complexity index is 687. The van der Waals surface area contributed by atoms with E-state index in [2.05, 4.69) is 33.1 Å². The molecule has 2 rings (SSSR count). The number of rotatable bonds is 5. The summed E-state index contributed by atoms with van der Waals surface area (Å²) in [6.45, 7) is 1.74. The quantitative estimate of drug-likeness (QED) is 0.345. The summed E-state index contributed by atoms with van der Waals surface area (Å²) < 4.78 is 1.12. The SMILES string of the molecule is Cc1cc(I)ccc1NC(=O)CO/N=C(/N)c1ccccc1. The summed E-state index contributed by atoms with van der Waals surface area (Å²) >= 11 is 2.22. The summed E-state index contributed by atoms with van der Waals surface area (Å²) in [6.07, 6.45) is 0. The normalized spacial score (nSPS) is 11.1. The van der Waals surface area contributed by atoms with Gasteiger partial charge in [0.05, 0.1) is 0 Å². The number of amides is 1. The van der Waals surface area contributed by atoms with Crippen molar-refractivity contribution < 1.29 is 9.63 Å². The van der Waals surface area contributed by atoms with Gasteiger partial charge in [0.25, 0.3) is 5.91 Å². The van der Waals surface area contributed by atoms with Crippen LogP contribution in [0.1, 0.15) is 11.1 Å². The van der Waals surface area contributed by atoms with E-state index in [1.54, 1.807) is 0 Å². The molecule has 0 spiro atoms. The molecule has 0 aromatic heterocycles. The van der Waals surface area contributed by atoms with E-state index >= 15 is 0 Å². The van der Waals surface area contributed by atoms with Crippen LogP contribution in [0.15, 0.2) is 53.7 Å². The monoisotopic (exact) mass is 409 g/mol. The van der Waals surface area contributed by atoms with Gasteiger partial charge in [0, 0.05) is 14.8 Å². The summed E-state index contributed by atoms with van der Waals surface area (Å²) in [6, 6.07) is 15.0. The van der Waals surface area contributed by atoms with E-state index in [-0.39, 0.29) is 18.3 Å². The van der Waals surface area contributed by atoms with Crippen LogP contribution in [0.2, 0.25) is 0 Å². The third-order valence-electron chi connectivity index (χ3n) is 2.89. The van der Waals surface area contributed by atoms with Crippen molar-refractivity contribution in [1.82, 2.24) is 0 Å². The first-order chi connectivity index (χ1) is 10.6. The van der Waals surface area contributed by atoms with Gasteiger partial charge in [-0.25, -0.2) is 0 Å². The fourth-order valence-electron chi connectivity index (χ4n) is 1.78. The molecule has 0 aliphatic carbocycles. The van der Waals surface area contributed by atoms with Gasteiger partial charge in [-0.05, 0) is 53.3 Å². The molecular weight excluding hydrogens is 393 g/mol. The van der Waals surface area contributed by atoms with Crippen LogP contribution in [0.25, 0.3) is 0 Å². The van der Waals surface area contributed by atoms with Crippen molar-refractivity contribution in [2.75, 3.05) is 11.9 Å². The molecule has 0 fully saturated rings. The molecule has 0 saturated heterocycles. The zero-order valence-electron chi connectivity index (χ0n) is 12.0. The third-order valence-corrected chi connectivity index (χ3v) is 3.56. The Morgan fingerprint density at radius 3 is 2.68 bits per heavy atom. The molecule has 6 heteroatoms. The van der Waals surface area contributed by atoms with Crippen molar-refractivity contribution in [1.29, 1.82) is 0 Å². The molecule has 1 amide bonds. The van der Waals surface area contributed by atoms with Crippen molar-refractivity contribution in [2.24, 2.45) is 10.9 Å². The second kappa shape index (κ2) is 7.79. The van der Waals surface area contributed by atoms with E-state index in [4.69, 9.17) is 10.6 Å². The molecule has 22 heavy (non-hydrogen) atoms. The highest BCUT2D eigenvalue weighted by molar-refractivity contribution is 14.1. The summed E-state index contributed by atoms with van der Waals surface area (Å²) in [4.78, 5) is 16.8. The number of nitrogens with zero attached hydrogens (tertiary/aromatic N) is 1. The maximum absolute atomic E-state index is 11.8. The second-order valence-electron chi connectivity index (χ2n) is 4.62. The standard InChI is InChI=1S/C16H16IN3O2/c1-11-9-13(17)7-8-14(11)19-15(21)10-22-20-16(18)12-5-3-2-4-6-12/h2-9H,10H2,1H3,(H2,18,20)(H,19,21). The van der Waals surface area contributed by atoms with Crippen LogP contribution in [0.3, 0.4) is 0 Å². The molecule has 0 radical (unpaired) electrons. The fraction of sp³-hybridized carbons (Fsp3) is 0.125. The number of hydrogen-bond donors (Lipinski definition) is 2. The molecule has 0 bridgehead atoms.